The van der Waals surface area contributed by atoms with E-state index in [2.05, 4.69) is 20.1 Å². The molecule has 0 N–H and O–H groups in total. The first kappa shape index (κ1) is 22.7. The van der Waals surface area contributed by atoms with Gasteiger partial charge in [0, 0.05) is 23.3 Å². The van der Waals surface area contributed by atoms with Crippen molar-refractivity contribution in [2.24, 2.45) is 0 Å². The molecule has 0 radical (unpaired) electrons. The zero-order valence-corrected chi connectivity index (χ0v) is 20.2. The van der Waals surface area contributed by atoms with Crippen LogP contribution in [0, 0.1) is 0 Å². The first-order chi connectivity index (χ1) is 17.0. The lowest BCUT2D eigenvalue weighted by Crippen LogP contribution is -2.08. The standard InChI is InChI=1S/C26H22N4O4S/c1-15(2)23-22-19(11-20(29-24(22)34-30-23)16-7-6-10-27-12-16)26(31)33-13-17-14-35-25(28-17)18-8-4-5-9-21(18)32-3/h4-12,14-15H,13H2,1-3H3. The summed E-state index contributed by atoms with van der Waals surface area (Å²) in [6.45, 7) is 3.99. The van der Waals surface area contributed by atoms with E-state index in [4.69, 9.17) is 14.0 Å². The van der Waals surface area contributed by atoms with E-state index in [0.717, 1.165) is 21.9 Å². The van der Waals surface area contributed by atoms with Crippen LogP contribution in [0.25, 0.3) is 32.9 Å². The summed E-state index contributed by atoms with van der Waals surface area (Å²) in [7, 11) is 1.63. The molecule has 9 heteroatoms. The number of esters is 1. The molecule has 176 valence electrons. The molecular formula is C26H22N4O4S. The second-order valence-corrected chi connectivity index (χ2v) is 8.98. The predicted molar refractivity (Wildman–Crippen MR) is 132 cm³/mol. The summed E-state index contributed by atoms with van der Waals surface area (Å²) in [6, 6.07) is 13.0. The van der Waals surface area contributed by atoms with Gasteiger partial charge in [-0.15, -0.1) is 11.3 Å². The maximum Gasteiger partial charge on any atom is 0.339 e. The van der Waals surface area contributed by atoms with E-state index in [1.54, 1.807) is 31.6 Å². The van der Waals surface area contributed by atoms with Crippen LogP contribution in [-0.4, -0.2) is 33.2 Å². The number of carbonyl (C=O) groups is 1. The number of para-hydroxylation sites is 1. The molecule has 4 heterocycles. The Morgan fingerprint density at radius 2 is 2.00 bits per heavy atom. The Bertz CT molecular complexity index is 1490. The van der Waals surface area contributed by atoms with Gasteiger partial charge >= 0.3 is 5.97 Å². The van der Waals surface area contributed by atoms with E-state index in [-0.39, 0.29) is 18.2 Å². The van der Waals surface area contributed by atoms with Crippen molar-refractivity contribution in [3.05, 3.63) is 77.2 Å². The van der Waals surface area contributed by atoms with Gasteiger partial charge in [-0.05, 0) is 36.2 Å². The molecule has 0 saturated carbocycles. The largest absolute Gasteiger partial charge is 0.496 e. The summed E-state index contributed by atoms with van der Waals surface area (Å²) in [5.41, 5.74) is 4.14. The molecular weight excluding hydrogens is 464 g/mol. The van der Waals surface area contributed by atoms with Crippen molar-refractivity contribution < 1.29 is 18.8 Å². The van der Waals surface area contributed by atoms with Crippen molar-refractivity contribution >= 4 is 28.4 Å². The Kier molecular flexibility index (Phi) is 6.24. The van der Waals surface area contributed by atoms with Crippen molar-refractivity contribution in [1.82, 2.24) is 20.1 Å². The number of thiazole rings is 1. The molecule has 0 amide bonds. The van der Waals surface area contributed by atoms with Crippen molar-refractivity contribution in [3.63, 3.8) is 0 Å². The Morgan fingerprint density at radius 3 is 2.77 bits per heavy atom. The highest BCUT2D eigenvalue weighted by Crippen LogP contribution is 2.33. The van der Waals surface area contributed by atoms with Crippen molar-refractivity contribution in [2.45, 2.75) is 26.4 Å². The number of rotatable bonds is 7. The minimum atomic E-state index is -0.500. The van der Waals surface area contributed by atoms with Gasteiger partial charge in [0.2, 0.25) is 0 Å². The van der Waals surface area contributed by atoms with Crippen molar-refractivity contribution in [3.8, 4) is 27.6 Å². The molecule has 0 unspecified atom stereocenters. The molecule has 5 aromatic rings. The van der Waals surface area contributed by atoms with Gasteiger partial charge in [0.1, 0.15) is 17.4 Å². The van der Waals surface area contributed by atoms with Gasteiger partial charge in [-0.3, -0.25) is 4.98 Å². The second kappa shape index (κ2) is 9.63. The first-order valence-electron chi connectivity index (χ1n) is 11.0. The first-order valence-corrected chi connectivity index (χ1v) is 11.9. The lowest BCUT2D eigenvalue weighted by molar-refractivity contribution is 0.0470. The smallest absolute Gasteiger partial charge is 0.339 e. The summed E-state index contributed by atoms with van der Waals surface area (Å²) in [5.74, 6) is 0.274. The van der Waals surface area contributed by atoms with E-state index in [9.17, 15) is 4.79 Å². The fraction of sp³-hybridized carbons (Fsp3) is 0.192. The molecule has 0 saturated heterocycles. The predicted octanol–water partition coefficient (Wildman–Crippen LogP) is 5.90. The van der Waals surface area contributed by atoms with Crippen LogP contribution in [0.15, 0.2) is 64.8 Å². The number of hydrogen-bond acceptors (Lipinski definition) is 9. The molecule has 1 aromatic carbocycles. The number of methoxy groups -OCH3 is 1. The molecule has 0 aliphatic carbocycles. The summed E-state index contributed by atoms with van der Waals surface area (Å²) in [6.07, 6.45) is 3.35. The van der Waals surface area contributed by atoms with E-state index < -0.39 is 5.97 Å². The molecule has 0 fully saturated rings. The molecule has 35 heavy (non-hydrogen) atoms. The van der Waals surface area contributed by atoms with Crippen LogP contribution in [0.5, 0.6) is 5.75 Å². The number of pyridine rings is 2. The van der Waals surface area contributed by atoms with Crippen LogP contribution >= 0.6 is 11.3 Å². The van der Waals surface area contributed by atoms with Gasteiger partial charge in [0.15, 0.2) is 0 Å². The minimum absolute atomic E-state index is 0.0266. The quantitative estimate of drug-likeness (QED) is 0.262. The number of ether oxygens (including phenoxy) is 2. The Labute approximate surface area is 205 Å². The Morgan fingerprint density at radius 1 is 1.14 bits per heavy atom. The van der Waals surface area contributed by atoms with Gasteiger partial charge in [-0.25, -0.2) is 14.8 Å². The average molecular weight is 487 g/mol. The van der Waals surface area contributed by atoms with Crippen LogP contribution in [0.4, 0.5) is 0 Å². The molecule has 0 aliphatic heterocycles. The highest BCUT2D eigenvalue weighted by Gasteiger charge is 2.24. The number of carbonyl (C=O) groups excluding carboxylic acids is 1. The van der Waals surface area contributed by atoms with Gasteiger partial charge in [-0.1, -0.05) is 31.1 Å². The van der Waals surface area contributed by atoms with Crippen molar-refractivity contribution in [2.75, 3.05) is 7.11 Å². The third-order valence-electron chi connectivity index (χ3n) is 5.44. The number of aromatic nitrogens is 4. The number of fused-ring (bicyclic) bond motifs is 1. The zero-order chi connectivity index (χ0) is 24.4. The third kappa shape index (κ3) is 4.50. The molecule has 8 nitrogen and oxygen atoms in total. The van der Waals surface area contributed by atoms with Crippen LogP contribution < -0.4 is 4.74 Å². The fourth-order valence-electron chi connectivity index (χ4n) is 3.73. The topological polar surface area (TPSA) is 100 Å². The average Bonchev–Trinajstić information content (AvgIpc) is 3.54. The molecule has 0 bridgehead atoms. The van der Waals surface area contributed by atoms with E-state index >= 15 is 0 Å². The Hall–Kier alpha value is -4.11. The Balaban J connectivity index is 1.45. The molecule has 5 rings (SSSR count). The van der Waals surface area contributed by atoms with Gasteiger partial charge in [0.25, 0.3) is 5.71 Å². The number of hydrogen-bond donors (Lipinski definition) is 0. The fourth-order valence-corrected chi connectivity index (χ4v) is 4.56. The van der Waals surface area contributed by atoms with Gasteiger partial charge in [-0.2, -0.15) is 0 Å². The SMILES string of the molecule is COc1ccccc1-c1nc(COC(=O)c2cc(-c3cccnc3)nc3onc(C(C)C)c23)cs1. The van der Waals surface area contributed by atoms with Crippen LogP contribution in [0.1, 0.15) is 41.5 Å². The van der Waals surface area contributed by atoms with Crippen LogP contribution in [0.3, 0.4) is 0 Å². The van der Waals surface area contributed by atoms with Gasteiger partial charge < -0.3 is 14.0 Å². The molecule has 0 atom stereocenters. The lowest BCUT2D eigenvalue weighted by Gasteiger charge is -2.08. The van der Waals surface area contributed by atoms with Crippen LogP contribution in [-0.2, 0) is 11.3 Å². The maximum atomic E-state index is 13.3. The second-order valence-electron chi connectivity index (χ2n) is 8.12. The third-order valence-corrected chi connectivity index (χ3v) is 6.36. The van der Waals surface area contributed by atoms with Crippen molar-refractivity contribution in [1.29, 1.82) is 0 Å². The maximum absolute atomic E-state index is 13.3. The van der Waals surface area contributed by atoms with Crippen LogP contribution in [0.2, 0.25) is 0 Å². The van der Waals surface area contributed by atoms with E-state index in [1.807, 2.05) is 49.6 Å². The van der Waals surface area contributed by atoms with E-state index in [1.165, 1.54) is 11.3 Å². The highest BCUT2D eigenvalue weighted by atomic mass is 32.1. The normalized spacial score (nSPS) is 11.2. The molecule has 4 aromatic heterocycles. The molecule has 0 spiro atoms. The number of benzene rings is 1. The zero-order valence-electron chi connectivity index (χ0n) is 19.4. The highest BCUT2D eigenvalue weighted by molar-refractivity contribution is 7.13. The molecule has 0 aliphatic rings. The summed E-state index contributed by atoms with van der Waals surface area (Å²) >= 11 is 1.47. The monoisotopic (exact) mass is 486 g/mol. The van der Waals surface area contributed by atoms with E-state index in [0.29, 0.717) is 28.0 Å². The summed E-state index contributed by atoms with van der Waals surface area (Å²) < 4.78 is 16.6. The lowest BCUT2D eigenvalue weighted by atomic mass is 10.0. The number of nitrogens with zero attached hydrogens (tertiary/aromatic N) is 4. The minimum Gasteiger partial charge on any atom is -0.496 e. The van der Waals surface area contributed by atoms with Gasteiger partial charge in [0.05, 0.1) is 40.7 Å². The summed E-state index contributed by atoms with van der Waals surface area (Å²) in [4.78, 5) is 26.6. The summed E-state index contributed by atoms with van der Waals surface area (Å²) in [5, 5.41) is 7.39.